The molecule has 3 heteroatoms. The smallest absolute Gasteiger partial charge is 0.224 e. The predicted molar refractivity (Wildman–Crippen MR) is 77.4 cm³/mol. The van der Waals surface area contributed by atoms with Gasteiger partial charge in [0.1, 0.15) is 5.75 Å². The molecule has 1 amide bonds. The number of carbonyl (C=O) groups excluding carboxylic acids is 1. The molecule has 1 aromatic carbocycles. The SMILES string of the molecule is CCCOc1cccc(NC(=O)CC2CCCC2)c1. The minimum atomic E-state index is 0.125. The Bertz CT molecular complexity index is 411. The molecule has 0 heterocycles. The van der Waals surface area contributed by atoms with Crippen LogP contribution in [-0.4, -0.2) is 12.5 Å². The summed E-state index contributed by atoms with van der Waals surface area (Å²) < 4.78 is 5.56. The van der Waals surface area contributed by atoms with E-state index in [0.717, 1.165) is 17.9 Å². The van der Waals surface area contributed by atoms with Crippen LogP contribution in [0.25, 0.3) is 0 Å². The minimum absolute atomic E-state index is 0.125. The molecule has 0 radical (unpaired) electrons. The van der Waals surface area contributed by atoms with Crippen molar-refractivity contribution in [2.45, 2.75) is 45.4 Å². The largest absolute Gasteiger partial charge is 0.494 e. The number of carbonyl (C=O) groups is 1. The summed E-state index contributed by atoms with van der Waals surface area (Å²) in [6, 6.07) is 7.63. The van der Waals surface area contributed by atoms with Crippen LogP contribution in [0.3, 0.4) is 0 Å². The fraction of sp³-hybridized carbons (Fsp3) is 0.562. The summed E-state index contributed by atoms with van der Waals surface area (Å²) in [5.41, 5.74) is 0.830. The average molecular weight is 261 g/mol. The molecule has 0 atom stereocenters. The van der Waals surface area contributed by atoms with E-state index in [-0.39, 0.29) is 5.91 Å². The molecule has 1 aliphatic carbocycles. The zero-order valence-electron chi connectivity index (χ0n) is 11.7. The van der Waals surface area contributed by atoms with Crippen molar-refractivity contribution in [3.05, 3.63) is 24.3 Å². The van der Waals surface area contributed by atoms with E-state index in [4.69, 9.17) is 4.74 Å². The van der Waals surface area contributed by atoms with Gasteiger partial charge in [0.25, 0.3) is 0 Å². The number of rotatable bonds is 6. The molecule has 1 fully saturated rings. The second kappa shape index (κ2) is 7.17. The maximum absolute atomic E-state index is 11.9. The molecular weight excluding hydrogens is 238 g/mol. The Morgan fingerprint density at radius 3 is 2.89 bits per heavy atom. The highest BCUT2D eigenvalue weighted by Crippen LogP contribution is 2.28. The lowest BCUT2D eigenvalue weighted by molar-refractivity contribution is -0.117. The molecular formula is C16H23NO2. The normalized spacial score (nSPS) is 15.4. The third-order valence-electron chi connectivity index (χ3n) is 3.54. The van der Waals surface area contributed by atoms with Crippen molar-refractivity contribution in [3.8, 4) is 5.75 Å². The number of amides is 1. The summed E-state index contributed by atoms with van der Waals surface area (Å²) in [6.07, 6.45) is 6.59. The number of hydrogen-bond acceptors (Lipinski definition) is 2. The number of hydrogen-bond donors (Lipinski definition) is 1. The molecule has 0 unspecified atom stereocenters. The van der Waals surface area contributed by atoms with Gasteiger partial charge in [0.15, 0.2) is 0 Å². The molecule has 19 heavy (non-hydrogen) atoms. The van der Waals surface area contributed by atoms with Gasteiger partial charge in [-0.2, -0.15) is 0 Å². The molecule has 0 aromatic heterocycles. The van der Waals surface area contributed by atoms with Crippen LogP contribution in [0.4, 0.5) is 5.69 Å². The van der Waals surface area contributed by atoms with Gasteiger partial charge >= 0.3 is 0 Å². The maximum Gasteiger partial charge on any atom is 0.224 e. The third kappa shape index (κ3) is 4.58. The highest BCUT2D eigenvalue weighted by Gasteiger charge is 2.18. The van der Waals surface area contributed by atoms with E-state index in [1.807, 2.05) is 24.3 Å². The van der Waals surface area contributed by atoms with Crippen LogP contribution in [-0.2, 0) is 4.79 Å². The van der Waals surface area contributed by atoms with Gasteiger partial charge in [-0.1, -0.05) is 25.8 Å². The molecule has 1 saturated carbocycles. The van der Waals surface area contributed by atoms with E-state index in [9.17, 15) is 4.79 Å². The lowest BCUT2D eigenvalue weighted by Gasteiger charge is -2.11. The number of anilines is 1. The molecule has 1 aromatic rings. The van der Waals surface area contributed by atoms with Crippen molar-refractivity contribution in [1.29, 1.82) is 0 Å². The van der Waals surface area contributed by atoms with Gasteiger partial charge < -0.3 is 10.1 Å². The summed E-state index contributed by atoms with van der Waals surface area (Å²) in [5.74, 6) is 1.53. The highest BCUT2D eigenvalue weighted by molar-refractivity contribution is 5.91. The highest BCUT2D eigenvalue weighted by atomic mass is 16.5. The van der Waals surface area contributed by atoms with Gasteiger partial charge in [-0.05, 0) is 37.3 Å². The molecule has 3 nitrogen and oxygen atoms in total. The topological polar surface area (TPSA) is 38.3 Å². The van der Waals surface area contributed by atoms with E-state index in [0.29, 0.717) is 18.9 Å². The first-order valence-corrected chi connectivity index (χ1v) is 7.30. The van der Waals surface area contributed by atoms with Gasteiger partial charge in [0.2, 0.25) is 5.91 Å². The number of nitrogens with one attached hydrogen (secondary N) is 1. The lowest BCUT2D eigenvalue weighted by atomic mass is 10.0. The van der Waals surface area contributed by atoms with Gasteiger partial charge in [0.05, 0.1) is 6.61 Å². The first kappa shape index (κ1) is 13.9. The molecule has 2 rings (SSSR count). The van der Waals surface area contributed by atoms with Crippen molar-refractivity contribution >= 4 is 11.6 Å². The Hall–Kier alpha value is -1.51. The van der Waals surface area contributed by atoms with Gasteiger partial charge in [0, 0.05) is 18.2 Å². The molecule has 0 aliphatic heterocycles. The molecule has 1 N–H and O–H groups in total. The van der Waals surface area contributed by atoms with E-state index < -0.39 is 0 Å². The molecule has 104 valence electrons. The summed E-state index contributed by atoms with van der Waals surface area (Å²) in [4.78, 5) is 11.9. The first-order valence-electron chi connectivity index (χ1n) is 7.30. The monoisotopic (exact) mass is 261 g/mol. The van der Waals surface area contributed by atoms with Crippen LogP contribution < -0.4 is 10.1 Å². The van der Waals surface area contributed by atoms with Crippen molar-refractivity contribution in [3.63, 3.8) is 0 Å². The van der Waals surface area contributed by atoms with Crippen LogP contribution in [0, 0.1) is 5.92 Å². The Morgan fingerprint density at radius 1 is 1.37 bits per heavy atom. The van der Waals surface area contributed by atoms with E-state index in [1.54, 1.807) is 0 Å². The summed E-state index contributed by atoms with van der Waals surface area (Å²) >= 11 is 0. The molecule has 0 saturated heterocycles. The van der Waals surface area contributed by atoms with Gasteiger partial charge in [-0.25, -0.2) is 0 Å². The van der Waals surface area contributed by atoms with Crippen LogP contribution >= 0.6 is 0 Å². The maximum atomic E-state index is 11.9. The Labute approximate surface area is 115 Å². The van der Waals surface area contributed by atoms with E-state index >= 15 is 0 Å². The van der Waals surface area contributed by atoms with Crippen LogP contribution in [0.5, 0.6) is 5.75 Å². The molecule has 0 spiro atoms. The Morgan fingerprint density at radius 2 is 2.16 bits per heavy atom. The van der Waals surface area contributed by atoms with Crippen LogP contribution in [0.15, 0.2) is 24.3 Å². The number of benzene rings is 1. The summed E-state index contributed by atoms with van der Waals surface area (Å²) in [6.45, 7) is 2.78. The zero-order chi connectivity index (χ0) is 13.5. The first-order chi connectivity index (χ1) is 9.28. The lowest BCUT2D eigenvalue weighted by Crippen LogP contribution is -2.15. The van der Waals surface area contributed by atoms with Crippen molar-refractivity contribution in [1.82, 2.24) is 0 Å². The van der Waals surface area contributed by atoms with Crippen LogP contribution in [0.1, 0.15) is 45.4 Å². The quantitative estimate of drug-likeness (QED) is 0.840. The molecule has 0 bridgehead atoms. The van der Waals surface area contributed by atoms with Crippen molar-refractivity contribution < 1.29 is 9.53 Å². The fourth-order valence-electron chi connectivity index (χ4n) is 2.57. The predicted octanol–water partition coefficient (Wildman–Crippen LogP) is 3.99. The van der Waals surface area contributed by atoms with E-state index in [1.165, 1.54) is 25.7 Å². The number of ether oxygens (including phenoxy) is 1. The van der Waals surface area contributed by atoms with Crippen molar-refractivity contribution in [2.24, 2.45) is 5.92 Å². The molecule has 1 aliphatic rings. The van der Waals surface area contributed by atoms with E-state index in [2.05, 4.69) is 12.2 Å². The fourth-order valence-corrected chi connectivity index (χ4v) is 2.57. The zero-order valence-corrected chi connectivity index (χ0v) is 11.7. The summed E-state index contributed by atoms with van der Waals surface area (Å²) in [7, 11) is 0. The Balaban J connectivity index is 1.85. The van der Waals surface area contributed by atoms with Crippen LogP contribution in [0.2, 0.25) is 0 Å². The van der Waals surface area contributed by atoms with Crippen molar-refractivity contribution in [2.75, 3.05) is 11.9 Å². The van der Waals surface area contributed by atoms with Gasteiger partial charge in [-0.15, -0.1) is 0 Å². The average Bonchev–Trinajstić information content (AvgIpc) is 2.89. The second-order valence-electron chi connectivity index (χ2n) is 5.28. The third-order valence-corrected chi connectivity index (χ3v) is 3.54. The minimum Gasteiger partial charge on any atom is -0.494 e. The Kier molecular flexibility index (Phi) is 5.25. The van der Waals surface area contributed by atoms with Gasteiger partial charge in [-0.3, -0.25) is 4.79 Å². The summed E-state index contributed by atoms with van der Waals surface area (Å²) in [5, 5.41) is 2.97. The standard InChI is InChI=1S/C16H23NO2/c1-2-10-19-15-9-5-8-14(12-15)17-16(18)11-13-6-3-4-7-13/h5,8-9,12-13H,2-4,6-7,10-11H2,1H3,(H,17,18). The second-order valence-corrected chi connectivity index (χ2v) is 5.28.